The lowest BCUT2D eigenvalue weighted by molar-refractivity contribution is 0.777. The first kappa shape index (κ1) is 11.3. The topological polar surface area (TPSA) is 95.4 Å². The Bertz CT molecular complexity index is 664. The first-order valence-corrected chi connectivity index (χ1v) is 5.70. The molecule has 94 valence electrons. The maximum atomic E-state index is 5.70. The molecule has 0 saturated heterocycles. The normalized spacial score (nSPS) is 10.5. The summed E-state index contributed by atoms with van der Waals surface area (Å²) in [6.07, 6.45) is 7.44. The monoisotopic (exact) mass is 253 g/mol. The summed E-state index contributed by atoms with van der Waals surface area (Å²) in [7, 11) is 0. The van der Waals surface area contributed by atoms with Gasteiger partial charge in [0.25, 0.3) is 5.95 Å². The van der Waals surface area contributed by atoms with Crippen molar-refractivity contribution in [3.8, 4) is 5.95 Å². The molecule has 3 aromatic rings. The Morgan fingerprint density at radius 3 is 2.63 bits per heavy atom. The molecule has 0 aliphatic heterocycles. The van der Waals surface area contributed by atoms with Crippen LogP contribution in [0, 0.1) is 0 Å². The Balaban J connectivity index is 1.94. The van der Waals surface area contributed by atoms with Crippen LogP contribution in [0.5, 0.6) is 0 Å². The number of nitrogens with two attached hydrogens (primary N) is 1. The van der Waals surface area contributed by atoms with Crippen LogP contribution < -0.4 is 5.73 Å². The largest absolute Gasteiger partial charge is 0.368 e. The summed E-state index contributed by atoms with van der Waals surface area (Å²) in [6.45, 7) is 0. The van der Waals surface area contributed by atoms with E-state index in [2.05, 4.69) is 25.0 Å². The number of anilines is 1. The van der Waals surface area contributed by atoms with Gasteiger partial charge in [0.1, 0.15) is 5.82 Å². The lowest BCUT2D eigenvalue weighted by Gasteiger charge is -2.04. The standard InChI is InChI=1S/C12H11N7/c13-11-16-10(8-9-2-5-14-6-3-9)17-12(18-11)19-7-1-4-15-19/h1-7H,8H2,(H2,13,16,17,18). The average molecular weight is 253 g/mol. The molecule has 0 aliphatic rings. The van der Waals surface area contributed by atoms with Crippen LogP contribution in [-0.2, 0) is 6.42 Å². The lowest BCUT2D eigenvalue weighted by Crippen LogP contribution is -2.10. The molecule has 0 bridgehead atoms. The molecule has 3 rings (SSSR count). The van der Waals surface area contributed by atoms with E-state index in [1.54, 1.807) is 35.5 Å². The third kappa shape index (κ3) is 2.54. The van der Waals surface area contributed by atoms with Gasteiger partial charge in [-0.15, -0.1) is 0 Å². The van der Waals surface area contributed by atoms with Crippen molar-refractivity contribution in [1.82, 2.24) is 29.7 Å². The predicted molar refractivity (Wildman–Crippen MR) is 68.4 cm³/mol. The van der Waals surface area contributed by atoms with E-state index in [1.165, 1.54) is 0 Å². The van der Waals surface area contributed by atoms with Gasteiger partial charge in [-0.1, -0.05) is 0 Å². The van der Waals surface area contributed by atoms with Gasteiger partial charge in [0.05, 0.1) is 0 Å². The molecule has 0 unspecified atom stereocenters. The number of rotatable bonds is 3. The van der Waals surface area contributed by atoms with E-state index in [1.807, 2.05) is 12.1 Å². The summed E-state index contributed by atoms with van der Waals surface area (Å²) in [5, 5.41) is 4.07. The van der Waals surface area contributed by atoms with Crippen molar-refractivity contribution in [2.75, 3.05) is 5.73 Å². The maximum Gasteiger partial charge on any atom is 0.255 e. The SMILES string of the molecule is Nc1nc(Cc2ccncc2)nc(-n2cccn2)n1. The molecule has 3 aromatic heterocycles. The van der Waals surface area contributed by atoms with Crippen LogP contribution in [0.25, 0.3) is 5.95 Å². The van der Waals surface area contributed by atoms with Crippen molar-refractivity contribution < 1.29 is 0 Å². The fourth-order valence-electron chi connectivity index (χ4n) is 1.68. The zero-order chi connectivity index (χ0) is 13.1. The van der Waals surface area contributed by atoms with Gasteiger partial charge in [-0.2, -0.15) is 20.1 Å². The highest BCUT2D eigenvalue weighted by Gasteiger charge is 2.07. The highest BCUT2D eigenvalue weighted by molar-refractivity contribution is 5.25. The third-order valence-corrected chi connectivity index (χ3v) is 2.51. The van der Waals surface area contributed by atoms with Gasteiger partial charge < -0.3 is 5.73 Å². The zero-order valence-corrected chi connectivity index (χ0v) is 10.0. The number of aromatic nitrogens is 6. The van der Waals surface area contributed by atoms with Gasteiger partial charge in [-0.05, 0) is 23.8 Å². The first-order chi connectivity index (χ1) is 9.31. The molecule has 0 aromatic carbocycles. The first-order valence-electron chi connectivity index (χ1n) is 5.70. The average Bonchev–Trinajstić information content (AvgIpc) is 2.93. The van der Waals surface area contributed by atoms with Crippen molar-refractivity contribution in [1.29, 1.82) is 0 Å². The van der Waals surface area contributed by atoms with Crippen molar-refractivity contribution >= 4 is 5.95 Å². The van der Waals surface area contributed by atoms with E-state index in [-0.39, 0.29) is 5.95 Å². The van der Waals surface area contributed by atoms with Crippen molar-refractivity contribution in [2.45, 2.75) is 6.42 Å². The van der Waals surface area contributed by atoms with Crippen LogP contribution in [0.4, 0.5) is 5.95 Å². The second-order valence-electron chi connectivity index (χ2n) is 3.89. The lowest BCUT2D eigenvalue weighted by atomic mass is 10.2. The minimum Gasteiger partial charge on any atom is -0.368 e. The fourth-order valence-corrected chi connectivity index (χ4v) is 1.68. The summed E-state index contributed by atoms with van der Waals surface area (Å²) in [5.41, 5.74) is 6.77. The van der Waals surface area contributed by atoms with Crippen LogP contribution in [-0.4, -0.2) is 29.7 Å². The van der Waals surface area contributed by atoms with Crippen LogP contribution >= 0.6 is 0 Å². The fraction of sp³-hybridized carbons (Fsp3) is 0.0833. The van der Waals surface area contributed by atoms with Crippen molar-refractivity contribution in [3.05, 3.63) is 54.4 Å². The molecule has 0 spiro atoms. The van der Waals surface area contributed by atoms with Crippen molar-refractivity contribution in [2.24, 2.45) is 0 Å². The minimum atomic E-state index is 0.185. The Morgan fingerprint density at radius 1 is 1.05 bits per heavy atom. The molecule has 0 aliphatic carbocycles. The molecule has 0 amide bonds. The summed E-state index contributed by atoms with van der Waals surface area (Å²) in [4.78, 5) is 16.5. The molecule has 0 atom stereocenters. The Kier molecular flexibility index (Phi) is 2.85. The number of nitrogen functional groups attached to an aromatic ring is 1. The Labute approximate surface area is 109 Å². The second-order valence-corrected chi connectivity index (χ2v) is 3.89. The Hall–Kier alpha value is -2.83. The van der Waals surface area contributed by atoms with Crippen LogP contribution in [0.1, 0.15) is 11.4 Å². The molecule has 0 fully saturated rings. The molecular weight excluding hydrogens is 242 g/mol. The van der Waals surface area contributed by atoms with Crippen LogP contribution in [0.15, 0.2) is 43.0 Å². The number of nitrogens with zero attached hydrogens (tertiary/aromatic N) is 6. The Morgan fingerprint density at radius 2 is 1.89 bits per heavy atom. The zero-order valence-electron chi connectivity index (χ0n) is 10.0. The van der Waals surface area contributed by atoms with Gasteiger partial charge in [0, 0.05) is 31.2 Å². The molecule has 0 radical (unpaired) electrons. The number of hydrogen-bond donors (Lipinski definition) is 1. The van der Waals surface area contributed by atoms with Crippen LogP contribution in [0.2, 0.25) is 0 Å². The maximum absolute atomic E-state index is 5.70. The number of pyridine rings is 1. The van der Waals surface area contributed by atoms with Gasteiger partial charge in [0.2, 0.25) is 5.95 Å². The van der Waals surface area contributed by atoms with Crippen LogP contribution in [0.3, 0.4) is 0 Å². The minimum absolute atomic E-state index is 0.185. The highest BCUT2D eigenvalue weighted by Crippen LogP contribution is 2.07. The summed E-state index contributed by atoms with van der Waals surface area (Å²) in [6, 6.07) is 5.61. The van der Waals surface area contributed by atoms with E-state index in [4.69, 9.17) is 5.73 Å². The smallest absolute Gasteiger partial charge is 0.255 e. The molecule has 19 heavy (non-hydrogen) atoms. The molecule has 7 nitrogen and oxygen atoms in total. The summed E-state index contributed by atoms with van der Waals surface area (Å²) >= 11 is 0. The van der Waals surface area contributed by atoms with E-state index in [9.17, 15) is 0 Å². The van der Waals surface area contributed by atoms with E-state index in [0.717, 1.165) is 5.56 Å². The van der Waals surface area contributed by atoms with E-state index in [0.29, 0.717) is 18.2 Å². The van der Waals surface area contributed by atoms with Crippen molar-refractivity contribution in [3.63, 3.8) is 0 Å². The number of hydrogen-bond acceptors (Lipinski definition) is 6. The highest BCUT2D eigenvalue weighted by atomic mass is 15.4. The molecular formula is C12H11N7. The molecule has 0 saturated carbocycles. The quantitative estimate of drug-likeness (QED) is 0.735. The van der Waals surface area contributed by atoms with Gasteiger partial charge >= 0.3 is 0 Å². The second kappa shape index (κ2) is 4.81. The molecule has 3 heterocycles. The van der Waals surface area contributed by atoms with E-state index >= 15 is 0 Å². The molecule has 7 heteroatoms. The predicted octanol–water partition coefficient (Wildman–Crippen LogP) is 0.625. The summed E-state index contributed by atoms with van der Waals surface area (Å²) in [5.74, 6) is 1.20. The van der Waals surface area contributed by atoms with Gasteiger partial charge in [-0.25, -0.2) is 4.68 Å². The van der Waals surface area contributed by atoms with Gasteiger partial charge in [0.15, 0.2) is 0 Å². The van der Waals surface area contributed by atoms with Gasteiger partial charge in [-0.3, -0.25) is 4.98 Å². The summed E-state index contributed by atoms with van der Waals surface area (Å²) < 4.78 is 1.55. The third-order valence-electron chi connectivity index (χ3n) is 2.51. The van der Waals surface area contributed by atoms with E-state index < -0.39 is 0 Å². The molecule has 2 N–H and O–H groups in total.